The van der Waals surface area contributed by atoms with Crippen LogP contribution in [0.1, 0.15) is 31.9 Å². The summed E-state index contributed by atoms with van der Waals surface area (Å²) >= 11 is 0. The molecule has 0 fully saturated rings. The van der Waals surface area contributed by atoms with Crippen LogP contribution in [0, 0.1) is 0 Å². The summed E-state index contributed by atoms with van der Waals surface area (Å²) in [4.78, 5) is 4.16. The number of halogens is 3. The molecule has 1 aromatic heterocycles. The van der Waals surface area contributed by atoms with Crippen molar-refractivity contribution in [2.75, 3.05) is 6.61 Å². The minimum absolute atomic E-state index is 0.290. The van der Waals surface area contributed by atoms with Gasteiger partial charge in [0.2, 0.25) is 0 Å². The van der Waals surface area contributed by atoms with E-state index in [9.17, 15) is 17.4 Å². The van der Waals surface area contributed by atoms with Crippen molar-refractivity contribution >= 4 is 11.0 Å². The zero-order valence-electron chi connectivity index (χ0n) is 18.4. The Morgan fingerprint density at radius 2 is 1.94 bits per heavy atom. The van der Waals surface area contributed by atoms with Crippen LogP contribution in [0.25, 0.3) is 16.8 Å². The second-order valence-electron chi connectivity index (χ2n) is 8.58. The number of fused-ring (bicyclic) bond motifs is 1. The molecule has 4 rings (SSSR count). The number of imidazole rings is 1. The summed E-state index contributed by atoms with van der Waals surface area (Å²) in [5.41, 5.74) is 4.19. The van der Waals surface area contributed by atoms with Crippen molar-refractivity contribution in [2.45, 2.75) is 44.8 Å². The predicted octanol–water partition coefficient (Wildman–Crippen LogP) is 4.92. The molecule has 2 aromatic carbocycles. The summed E-state index contributed by atoms with van der Waals surface area (Å²) in [5.74, 6) is 0.394. The summed E-state index contributed by atoms with van der Waals surface area (Å²) in [6.07, 6.45) is 1.13. The maximum atomic E-state index is 12.6. The maximum absolute atomic E-state index is 12.6. The minimum atomic E-state index is -4.75. The van der Waals surface area contributed by atoms with E-state index in [1.165, 1.54) is 12.1 Å². The molecule has 0 spiro atoms. The Hall–Kier alpha value is -2.85. The standard InChI is InChI=1S/C23H24F3N3O3S/c1-22(2,3)33(30)28-13-16-12-19(15-4-6-17(7-5-15)32-23(24,25)26)21-18(8-11-31-21)20(16)29-10-9-27-14-29/h4-7,9-10,12,14,28H,8,11,13H2,1-3H3. The molecule has 0 saturated carbocycles. The summed E-state index contributed by atoms with van der Waals surface area (Å²) in [6.45, 7) is 6.48. The fraction of sp³-hybridized carbons (Fsp3) is 0.348. The molecule has 1 N–H and O–H groups in total. The van der Waals surface area contributed by atoms with Gasteiger partial charge in [0.15, 0.2) is 0 Å². The van der Waals surface area contributed by atoms with Gasteiger partial charge in [0.05, 0.1) is 34.4 Å². The Morgan fingerprint density at radius 3 is 2.55 bits per heavy atom. The molecule has 0 bridgehead atoms. The summed E-state index contributed by atoms with van der Waals surface area (Å²) < 4.78 is 64.7. The molecule has 0 amide bonds. The van der Waals surface area contributed by atoms with Crippen molar-refractivity contribution in [3.63, 3.8) is 0 Å². The third kappa shape index (κ3) is 5.22. The Balaban J connectivity index is 1.77. The van der Waals surface area contributed by atoms with Gasteiger partial charge in [-0.15, -0.1) is 13.2 Å². The molecular formula is C23H24F3N3O3S. The van der Waals surface area contributed by atoms with Crippen molar-refractivity contribution in [3.8, 4) is 28.3 Å². The molecule has 1 aliphatic rings. The van der Waals surface area contributed by atoms with Gasteiger partial charge in [-0.1, -0.05) is 12.1 Å². The summed E-state index contributed by atoms with van der Waals surface area (Å²) in [6, 6.07) is 7.62. The molecule has 2 heterocycles. The molecule has 0 saturated heterocycles. The molecule has 1 unspecified atom stereocenters. The zero-order valence-corrected chi connectivity index (χ0v) is 19.2. The van der Waals surface area contributed by atoms with Crippen LogP contribution in [0.3, 0.4) is 0 Å². The quantitative estimate of drug-likeness (QED) is 0.545. The van der Waals surface area contributed by atoms with Gasteiger partial charge < -0.3 is 14.0 Å². The minimum Gasteiger partial charge on any atom is -0.492 e. The topological polar surface area (TPSA) is 65.4 Å². The lowest BCUT2D eigenvalue weighted by Crippen LogP contribution is -2.33. The van der Waals surface area contributed by atoms with Crippen molar-refractivity contribution in [3.05, 3.63) is 60.2 Å². The van der Waals surface area contributed by atoms with Gasteiger partial charge in [-0.25, -0.2) is 13.9 Å². The molecular weight excluding hydrogens is 455 g/mol. The monoisotopic (exact) mass is 479 g/mol. The number of nitrogens with one attached hydrogen (secondary N) is 1. The van der Waals surface area contributed by atoms with Gasteiger partial charge in [-0.2, -0.15) is 0 Å². The first kappa shape index (κ1) is 23.3. The predicted molar refractivity (Wildman–Crippen MR) is 120 cm³/mol. The van der Waals surface area contributed by atoms with Crippen LogP contribution >= 0.6 is 0 Å². The van der Waals surface area contributed by atoms with Crippen LogP contribution in [0.4, 0.5) is 13.2 Å². The second kappa shape index (κ2) is 8.83. The number of rotatable bonds is 6. The first-order chi connectivity index (χ1) is 15.5. The SMILES string of the molecule is CC(C)(C)S(=O)NCc1cc(-c2ccc(OC(F)(F)F)cc2)c2c(c1-n1ccnc1)CCO2. The fourth-order valence-corrected chi connectivity index (χ4v) is 4.40. The first-order valence-corrected chi connectivity index (χ1v) is 11.5. The van der Waals surface area contributed by atoms with Crippen molar-refractivity contribution in [2.24, 2.45) is 0 Å². The van der Waals surface area contributed by atoms with Gasteiger partial charge in [0.25, 0.3) is 0 Å². The number of ether oxygens (including phenoxy) is 2. The van der Waals surface area contributed by atoms with E-state index in [0.29, 0.717) is 30.9 Å². The molecule has 10 heteroatoms. The van der Waals surface area contributed by atoms with E-state index >= 15 is 0 Å². The molecule has 1 aliphatic heterocycles. The molecule has 176 valence electrons. The number of alkyl halides is 3. The Morgan fingerprint density at radius 1 is 1.21 bits per heavy atom. The lowest BCUT2D eigenvalue weighted by atomic mass is 9.95. The maximum Gasteiger partial charge on any atom is 0.573 e. The van der Waals surface area contributed by atoms with Gasteiger partial charge in [-0.05, 0) is 50.1 Å². The molecule has 6 nitrogen and oxygen atoms in total. The summed E-state index contributed by atoms with van der Waals surface area (Å²) in [7, 11) is -1.28. The van der Waals surface area contributed by atoms with E-state index in [4.69, 9.17) is 4.74 Å². The van der Waals surface area contributed by atoms with E-state index in [2.05, 4.69) is 14.4 Å². The molecule has 3 aromatic rings. The highest BCUT2D eigenvalue weighted by Crippen LogP contribution is 2.42. The van der Waals surface area contributed by atoms with Gasteiger partial charge >= 0.3 is 6.36 Å². The fourth-order valence-electron chi connectivity index (χ4n) is 3.68. The number of hydrogen-bond acceptors (Lipinski definition) is 4. The number of hydrogen-bond donors (Lipinski definition) is 1. The Kier molecular flexibility index (Phi) is 6.24. The Labute approximate surface area is 192 Å². The smallest absolute Gasteiger partial charge is 0.492 e. The Bertz CT molecular complexity index is 1150. The lowest BCUT2D eigenvalue weighted by molar-refractivity contribution is -0.274. The average Bonchev–Trinajstić information content (AvgIpc) is 3.42. The van der Waals surface area contributed by atoms with Crippen molar-refractivity contribution < 1.29 is 26.9 Å². The number of nitrogens with zero attached hydrogens (tertiary/aromatic N) is 2. The number of aromatic nitrogens is 2. The molecule has 33 heavy (non-hydrogen) atoms. The van der Waals surface area contributed by atoms with E-state index in [-0.39, 0.29) is 5.75 Å². The van der Waals surface area contributed by atoms with Crippen LogP contribution in [-0.4, -0.2) is 31.5 Å². The molecule has 0 radical (unpaired) electrons. The highest BCUT2D eigenvalue weighted by atomic mass is 32.2. The van der Waals surface area contributed by atoms with E-state index in [1.54, 1.807) is 24.7 Å². The zero-order chi connectivity index (χ0) is 23.8. The second-order valence-corrected chi connectivity index (χ2v) is 10.6. The van der Waals surface area contributed by atoms with E-state index < -0.39 is 22.1 Å². The van der Waals surface area contributed by atoms with E-state index in [0.717, 1.165) is 22.4 Å². The van der Waals surface area contributed by atoms with Gasteiger partial charge in [-0.3, -0.25) is 0 Å². The average molecular weight is 480 g/mol. The van der Waals surface area contributed by atoms with Crippen molar-refractivity contribution in [1.29, 1.82) is 0 Å². The van der Waals surface area contributed by atoms with Gasteiger partial charge in [0.1, 0.15) is 11.5 Å². The lowest BCUT2D eigenvalue weighted by Gasteiger charge is -2.21. The highest BCUT2D eigenvalue weighted by Gasteiger charge is 2.31. The van der Waals surface area contributed by atoms with E-state index in [1.807, 2.05) is 37.6 Å². The normalized spacial score (nSPS) is 14.6. The van der Waals surface area contributed by atoms with Crippen LogP contribution in [0.2, 0.25) is 0 Å². The van der Waals surface area contributed by atoms with Crippen LogP contribution in [0.15, 0.2) is 49.1 Å². The molecule has 1 atom stereocenters. The molecule has 0 aliphatic carbocycles. The number of benzene rings is 2. The highest BCUT2D eigenvalue weighted by molar-refractivity contribution is 7.84. The first-order valence-electron chi connectivity index (χ1n) is 10.3. The van der Waals surface area contributed by atoms with Crippen LogP contribution in [0.5, 0.6) is 11.5 Å². The largest absolute Gasteiger partial charge is 0.573 e. The van der Waals surface area contributed by atoms with Crippen molar-refractivity contribution in [1.82, 2.24) is 14.3 Å². The summed E-state index contributed by atoms with van der Waals surface area (Å²) in [5, 5.41) is 0. The van der Waals surface area contributed by atoms with Crippen LogP contribution in [-0.2, 0) is 24.0 Å². The van der Waals surface area contributed by atoms with Gasteiger partial charge in [0, 0.05) is 36.5 Å². The third-order valence-corrected chi connectivity index (χ3v) is 6.66. The third-order valence-electron chi connectivity index (χ3n) is 5.14. The van der Waals surface area contributed by atoms with Crippen LogP contribution < -0.4 is 14.2 Å².